The molecule has 0 bridgehead atoms. The van der Waals surface area contributed by atoms with Crippen molar-refractivity contribution in [1.29, 1.82) is 0 Å². The summed E-state index contributed by atoms with van der Waals surface area (Å²) in [4.78, 5) is 0. The van der Waals surface area contributed by atoms with Crippen LogP contribution in [-0.2, 0) is 11.2 Å². The molecule has 1 saturated carbocycles. The second-order valence-electron chi connectivity index (χ2n) is 9.74. The molecule has 6 rings (SSSR count). The number of aliphatic hydroxyl groups excluding tert-OH is 2. The van der Waals surface area contributed by atoms with Crippen LogP contribution in [0.1, 0.15) is 34.4 Å². The summed E-state index contributed by atoms with van der Waals surface area (Å²) in [5, 5.41) is 42.3. The number of ether oxygens (including phenoxy) is 4. The Morgan fingerprint density at radius 2 is 1.73 bits per heavy atom. The lowest BCUT2D eigenvalue weighted by Gasteiger charge is -2.40. The molecule has 1 aromatic heterocycles. The van der Waals surface area contributed by atoms with E-state index in [9.17, 15) is 15.3 Å². The van der Waals surface area contributed by atoms with Crippen molar-refractivity contribution in [2.24, 2.45) is 0 Å². The van der Waals surface area contributed by atoms with Crippen LogP contribution in [-0.4, -0.2) is 59.1 Å². The fraction of sp³-hybridized carbons (Fsp3) is 0.310. The van der Waals surface area contributed by atoms with Crippen LogP contribution in [0.25, 0.3) is 0 Å². The predicted molar refractivity (Wildman–Crippen MR) is 141 cm³/mol. The molecule has 0 radical (unpaired) electrons. The summed E-state index contributed by atoms with van der Waals surface area (Å²) in [5.41, 5.74) is 3.66. The van der Waals surface area contributed by atoms with Gasteiger partial charge in [-0.2, -0.15) is 0 Å². The van der Waals surface area contributed by atoms with Gasteiger partial charge in [-0.25, -0.2) is 0 Å². The van der Waals surface area contributed by atoms with Crippen LogP contribution in [0.4, 0.5) is 6.01 Å². The number of nitrogen functional groups attached to an aromatic ring is 1. The maximum atomic E-state index is 12.9. The van der Waals surface area contributed by atoms with Crippen LogP contribution < -0.4 is 24.7 Å². The molecule has 5 N–H and O–H groups in total. The minimum Gasteiger partial charge on any atom is -0.497 e. The Morgan fingerprint density at radius 3 is 2.35 bits per heavy atom. The van der Waals surface area contributed by atoms with E-state index in [-0.39, 0.29) is 42.2 Å². The van der Waals surface area contributed by atoms with Crippen molar-refractivity contribution in [2.75, 3.05) is 33.2 Å². The van der Waals surface area contributed by atoms with Gasteiger partial charge in [0.05, 0.1) is 32.3 Å². The minimum atomic E-state index is -2.08. The average Bonchev–Trinajstić information content (AvgIpc) is 3.59. The van der Waals surface area contributed by atoms with Crippen molar-refractivity contribution in [2.45, 2.75) is 29.1 Å². The molecule has 4 aromatic rings. The molecule has 0 spiro atoms. The summed E-state index contributed by atoms with van der Waals surface area (Å²) in [6.45, 7) is -0.143. The molecule has 2 heterocycles. The molecule has 11 nitrogen and oxygen atoms in total. The van der Waals surface area contributed by atoms with Crippen molar-refractivity contribution in [1.82, 2.24) is 10.2 Å². The van der Waals surface area contributed by atoms with E-state index in [1.165, 1.54) is 7.11 Å². The number of aromatic nitrogens is 2. The highest BCUT2D eigenvalue weighted by atomic mass is 16.5. The van der Waals surface area contributed by atoms with Gasteiger partial charge in [-0.15, -0.1) is 5.10 Å². The number of nitrogens with two attached hydrogens (primary N) is 1. The number of nitrogens with zero attached hydrogens (tertiary/aromatic N) is 2. The molecular formula is C29H29N3O8. The third-order valence-corrected chi connectivity index (χ3v) is 7.82. The van der Waals surface area contributed by atoms with E-state index in [0.29, 0.717) is 17.1 Å². The number of hydrogen-bond acceptors (Lipinski definition) is 11. The predicted octanol–water partition coefficient (Wildman–Crippen LogP) is 2.46. The van der Waals surface area contributed by atoms with E-state index >= 15 is 0 Å². The highest BCUT2D eigenvalue weighted by molar-refractivity contribution is 5.63. The lowest BCUT2D eigenvalue weighted by atomic mass is 9.70. The lowest BCUT2D eigenvalue weighted by Crippen LogP contribution is -2.52. The summed E-state index contributed by atoms with van der Waals surface area (Å²) in [7, 11) is 3.01. The van der Waals surface area contributed by atoms with Crippen LogP contribution >= 0.6 is 0 Å². The number of benzene rings is 3. The van der Waals surface area contributed by atoms with Crippen LogP contribution in [0.2, 0.25) is 0 Å². The molecule has 3 aromatic carbocycles. The topological polar surface area (TPSA) is 163 Å². The number of rotatable bonds is 8. The maximum absolute atomic E-state index is 12.9. The van der Waals surface area contributed by atoms with Crippen molar-refractivity contribution in [3.8, 4) is 23.0 Å². The summed E-state index contributed by atoms with van der Waals surface area (Å²) < 4.78 is 29.3. The molecule has 208 valence electrons. The van der Waals surface area contributed by atoms with E-state index in [0.717, 1.165) is 5.56 Å². The van der Waals surface area contributed by atoms with Crippen LogP contribution in [0.15, 0.2) is 71.1 Å². The molecule has 0 saturated heterocycles. The number of anilines is 1. The fourth-order valence-corrected chi connectivity index (χ4v) is 6.29. The summed E-state index contributed by atoms with van der Waals surface area (Å²) >= 11 is 0. The zero-order valence-electron chi connectivity index (χ0n) is 21.9. The lowest BCUT2D eigenvalue weighted by molar-refractivity contribution is -0.151. The van der Waals surface area contributed by atoms with Crippen LogP contribution in [0, 0.1) is 0 Å². The van der Waals surface area contributed by atoms with E-state index in [1.807, 2.05) is 30.3 Å². The Hall–Kier alpha value is -4.32. The van der Waals surface area contributed by atoms with Gasteiger partial charge in [-0.1, -0.05) is 47.6 Å². The molecule has 1 aliphatic heterocycles. The molecule has 11 heteroatoms. The first-order chi connectivity index (χ1) is 19.4. The Bertz CT molecular complexity index is 1510. The van der Waals surface area contributed by atoms with Crippen LogP contribution in [0.3, 0.4) is 0 Å². The van der Waals surface area contributed by atoms with Gasteiger partial charge in [0, 0.05) is 18.1 Å². The molecule has 5 atom stereocenters. The van der Waals surface area contributed by atoms with Crippen molar-refractivity contribution in [3.63, 3.8) is 0 Å². The van der Waals surface area contributed by atoms with E-state index in [4.69, 9.17) is 29.1 Å². The number of methoxy groups -OCH3 is 2. The zero-order valence-corrected chi connectivity index (χ0v) is 21.9. The number of aliphatic hydroxyl groups is 3. The first-order valence-corrected chi connectivity index (χ1v) is 12.7. The Balaban J connectivity index is 1.67. The molecule has 40 heavy (non-hydrogen) atoms. The molecule has 2 aliphatic rings. The van der Waals surface area contributed by atoms with Gasteiger partial charge in [0.2, 0.25) is 5.89 Å². The smallest absolute Gasteiger partial charge is 0.312 e. The van der Waals surface area contributed by atoms with Gasteiger partial charge in [0.1, 0.15) is 35.7 Å². The fourth-order valence-electron chi connectivity index (χ4n) is 6.29. The van der Waals surface area contributed by atoms with Gasteiger partial charge in [0.15, 0.2) is 11.2 Å². The van der Waals surface area contributed by atoms with Gasteiger partial charge >= 0.3 is 6.01 Å². The monoisotopic (exact) mass is 547 g/mol. The maximum Gasteiger partial charge on any atom is 0.312 e. The number of hydrogen-bond donors (Lipinski definition) is 4. The van der Waals surface area contributed by atoms with Gasteiger partial charge in [-0.3, -0.25) is 0 Å². The summed E-state index contributed by atoms with van der Waals surface area (Å²) in [6.07, 6.45) is -1.51. The summed E-state index contributed by atoms with van der Waals surface area (Å²) in [6, 6.07) is 19.5. The zero-order chi connectivity index (χ0) is 28.1. The van der Waals surface area contributed by atoms with E-state index in [1.54, 1.807) is 43.5 Å². The third kappa shape index (κ3) is 3.55. The second-order valence-corrected chi connectivity index (χ2v) is 9.74. The third-order valence-electron chi connectivity index (χ3n) is 7.82. The molecular weight excluding hydrogens is 518 g/mol. The first-order valence-electron chi connectivity index (χ1n) is 12.7. The van der Waals surface area contributed by atoms with Gasteiger partial charge in [0.25, 0.3) is 0 Å². The largest absolute Gasteiger partial charge is 0.497 e. The first kappa shape index (κ1) is 25.9. The highest BCUT2D eigenvalue weighted by Gasteiger charge is 2.78. The van der Waals surface area contributed by atoms with Crippen molar-refractivity contribution in [3.05, 3.63) is 89.3 Å². The minimum absolute atomic E-state index is 0.0474. The van der Waals surface area contributed by atoms with Crippen molar-refractivity contribution >= 4 is 6.01 Å². The highest BCUT2D eigenvalue weighted by Crippen LogP contribution is 2.72. The standard InChI is InChI=1S/C29H29N3O8/c1-36-18-10-8-17(9-11-18)29-23(16-6-4-3-5-7-16)22(26-31-32-27(30)39-26)25(34)28(29,35)24-20(37-2)14-19(38-13-12-33)15-21(24)40-29/h3-11,14-15,22-23,25,33-35H,12-13H2,1-2H3,(H2,30,32)/t22-,23-,25-,28+,29+/m1/s1. The quantitative estimate of drug-likeness (QED) is 0.256. The summed E-state index contributed by atoms with van der Waals surface area (Å²) in [5.74, 6) is -0.156. The van der Waals surface area contributed by atoms with Crippen molar-refractivity contribution < 1.29 is 38.7 Å². The normalized spacial score (nSPS) is 26.6. The Labute approximate surface area is 229 Å². The SMILES string of the molecule is COc1ccc([C@@]23Oc4cc(OCCO)cc(OC)c4[C@]2(O)[C@H](O)[C@H](c2nnc(N)o2)[C@H]3c2ccccc2)cc1. The van der Waals surface area contributed by atoms with Gasteiger partial charge < -0.3 is 44.4 Å². The van der Waals surface area contributed by atoms with E-state index in [2.05, 4.69) is 10.2 Å². The molecule has 1 fully saturated rings. The Morgan fingerprint density at radius 1 is 0.975 bits per heavy atom. The van der Waals surface area contributed by atoms with Crippen LogP contribution in [0.5, 0.6) is 23.0 Å². The molecule has 0 unspecified atom stereocenters. The molecule has 1 aliphatic carbocycles. The number of fused-ring (bicyclic) bond motifs is 3. The second kappa shape index (κ2) is 9.70. The van der Waals surface area contributed by atoms with Gasteiger partial charge in [-0.05, 0) is 23.3 Å². The molecule has 0 amide bonds. The van der Waals surface area contributed by atoms with E-state index < -0.39 is 29.1 Å². The Kier molecular flexibility index (Phi) is 6.29. The average molecular weight is 548 g/mol.